The van der Waals surface area contributed by atoms with Gasteiger partial charge in [0.15, 0.2) is 17.3 Å². The minimum atomic E-state index is -0.191. The van der Waals surface area contributed by atoms with E-state index in [1.165, 1.54) is 0 Å². The maximum absolute atomic E-state index is 12.7. The number of hydrogen-bond donors (Lipinski definition) is 0. The van der Waals surface area contributed by atoms with Gasteiger partial charge in [0.05, 0.1) is 5.02 Å². The fourth-order valence-corrected chi connectivity index (χ4v) is 3.05. The average molecular weight is 435 g/mol. The number of rotatable bonds is 2. The molecule has 0 fully saturated rings. The Labute approximate surface area is 145 Å². The van der Waals surface area contributed by atoms with E-state index >= 15 is 0 Å². The Hall–Kier alpha value is -0.980. The number of carbonyl (C=O) groups excluding carboxylic acids is 1. The molecule has 0 saturated carbocycles. The quantitative estimate of drug-likeness (QED) is 0.511. The Bertz CT molecular complexity index is 731. The molecule has 0 N–H and O–H groups in total. The summed E-state index contributed by atoms with van der Waals surface area (Å²) in [6.45, 7) is 0.930. The van der Waals surface area contributed by atoms with Crippen molar-refractivity contribution in [3.8, 4) is 11.5 Å². The fourth-order valence-electron chi connectivity index (χ4n) is 2.05. The highest BCUT2D eigenvalue weighted by Crippen LogP contribution is 2.36. The molecular weight excluding hydrogens is 426 g/mol. The van der Waals surface area contributed by atoms with Crippen molar-refractivity contribution in [1.29, 1.82) is 0 Å². The Morgan fingerprint density at radius 1 is 1.00 bits per heavy atom. The van der Waals surface area contributed by atoms with Crippen LogP contribution in [-0.2, 0) is 0 Å². The lowest BCUT2D eigenvalue weighted by Crippen LogP contribution is -2.16. The number of hydrogen-bond acceptors (Lipinski definition) is 3. The summed E-state index contributed by atoms with van der Waals surface area (Å²) in [4.78, 5) is 12.7. The summed E-state index contributed by atoms with van der Waals surface area (Å²) in [6, 6.07) is 8.41. The van der Waals surface area contributed by atoms with Gasteiger partial charge in [-0.1, -0.05) is 23.2 Å². The molecule has 1 aliphatic rings. The highest BCUT2D eigenvalue weighted by Gasteiger charge is 2.21. The minimum absolute atomic E-state index is 0.191. The molecule has 6 heteroatoms. The van der Waals surface area contributed by atoms with Gasteiger partial charge in [0, 0.05) is 25.8 Å². The van der Waals surface area contributed by atoms with E-state index in [4.69, 9.17) is 32.7 Å². The summed E-state index contributed by atoms with van der Waals surface area (Å²) in [7, 11) is 0. The largest absolute Gasteiger partial charge is 0.486 e. The van der Waals surface area contributed by atoms with Gasteiger partial charge >= 0.3 is 0 Å². The van der Waals surface area contributed by atoms with Gasteiger partial charge in [-0.05, 0) is 46.9 Å². The van der Waals surface area contributed by atoms with Gasteiger partial charge in [0.2, 0.25) is 0 Å². The molecule has 3 nitrogen and oxygen atoms in total. The fraction of sp³-hybridized carbons (Fsp3) is 0.133. The molecule has 2 aromatic rings. The molecule has 2 aromatic carbocycles. The van der Waals surface area contributed by atoms with E-state index in [0.29, 0.717) is 45.9 Å². The molecule has 0 saturated heterocycles. The number of benzene rings is 2. The maximum Gasteiger partial charge on any atom is 0.195 e. The van der Waals surface area contributed by atoms with Crippen LogP contribution in [0.25, 0.3) is 0 Å². The van der Waals surface area contributed by atoms with Crippen molar-refractivity contribution < 1.29 is 14.3 Å². The first-order valence-corrected chi connectivity index (χ1v) is 7.98. The molecule has 3 rings (SSSR count). The van der Waals surface area contributed by atoms with Crippen LogP contribution in [0, 0.1) is 3.57 Å². The topological polar surface area (TPSA) is 35.5 Å². The van der Waals surface area contributed by atoms with Crippen molar-refractivity contribution in [1.82, 2.24) is 0 Å². The zero-order chi connectivity index (χ0) is 15.0. The predicted molar refractivity (Wildman–Crippen MR) is 90.0 cm³/mol. The van der Waals surface area contributed by atoms with Crippen LogP contribution in [0.1, 0.15) is 15.9 Å². The molecule has 0 amide bonds. The third-order valence-electron chi connectivity index (χ3n) is 3.05. The van der Waals surface area contributed by atoms with Crippen LogP contribution < -0.4 is 9.47 Å². The summed E-state index contributed by atoms with van der Waals surface area (Å²) in [5, 5.41) is 0.840. The second kappa shape index (κ2) is 6.02. The van der Waals surface area contributed by atoms with E-state index < -0.39 is 0 Å². The summed E-state index contributed by atoms with van der Waals surface area (Å²) in [5.41, 5.74) is 0.891. The summed E-state index contributed by atoms with van der Waals surface area (Å²) < 4.78 is 11.8. The molecule has 1 aliphatic heterocycles. The van der Waals surface area contributed by atoms with Gasteiger partial charge in [-0.15, -0.1) is 0 Å². The van der Waals surface area contributed by atoms with Gasteiger partial charge in [0.25, 0.3) is 0 Å². The van der Waals surface area contributed by atoms with Gasteiger partial charge in [-0.3, -0.25) is 4.79 Å². The smallest absolute Gasteiger partial charge is 0.195 e. The molecule has 21 heavy (non-hydrogen) atoms. The number of carbonyl (C=O) groups is 1. The molecule has 0 atom stereocenters. The van der Waals surface area contributed by atoms with E-state index in [1.54, 1.807) is 30.3 Å². The van der Waals surface area contributed by atoms with Crippen LogP contribution in [0.5, 0.6) is 11.5 Å². The lowest BCUT2D eigenvalue weighted by Gasteiger charge is -2.19. The van der Waals surface area contributed by atoms with Crippen molar-refractivity contribution in [3.05, 3.63) is 55.1 Å². The van der Waals surface area contributed by atoms with Gasteiger partial charge < -0.3 is 9.47 Å². The molecule has 0 spiro atoms. The van der Waals surface area contributed by atoms with E-state index in [-0.39, 0.29) is 5.78 Å². The first-order valence-electron chi connectivity index (χ1n) is 6.15. The summed E-state index contributed by atoms with van der Waals surface area (Å²) in [6.07, 6.45) is 0. The lowest BCUT2D eigenvalue weighted by atomic mass is 10.0. The van der Waals surface area contributed by atoms with E-state index in [0.717, 1.165) is 3.57 Å². The minimum Gasteiger partial charge on any atom is -0.486 e. The first-order chi connectivity index (χ1) is 10.1. The van der Waals surface area contributed by atoms with E-state index in [9.17, 15) is 4.79 Å². The van der Waals surface area contributed by atoms with Crippen molar-refractivity contribution in [2.24, 2.45) is 0 Å². The van der Waals surface area contributed by atoms with Gasteiger partial charge in [0.1, 0.15) is 13.2 Å². The van der Waals surface area contributed by atoms with Crippen molar-refractivity contribution >= 4 is 51.6 Å². The van der Waals surface area contributed by atoms with Crippen LogP contribution in [-0.4, -0.2) is 19.0 Å². The van der Waals surface area contributed by atoms with Gasteiger partial charge in [-0.2, -0.15) is 0 Å². The van der Waals surface area contributed by atoms with Crippen molar-refractivity contribution in [3.63, 3.8) is 0 Å². The highest BCUT2D eigenvalue weighted by molar-refractivity contribution is 14.1. The van der Waals surface area contributed by atoms with E-state index in [1.807, 2.05) is 0 Å². The standard InChI is InChI=1S/C15H9Cl2IO3/c16-8-1-2-12(18)10(5-8)15(19)9-6-13-14(7-11(9)17)21-4-3-20-13/h1-2,5-7H,3-4H2. The Balaban J connectivity index is 2.07. The second-order valence-electron chi connectivity index (χ2n) is 4.43. The summed E-state index contributed by atoms with van der Waals surface area (Å²) in [5.74, 6) is 0.901. The molecule has 0 bridgehead atoms. The maximum atomic E-state index is 12.7. The molecule has 0 unspecified atom stereocenters. The monoisotopic (exact) mass is 434 g/mol. The lowest BCUT2D eigenvalue weighted by molar-refractivity contribution is 0.103. The molecular formula is C15H9Cl2IO3. The van der Waals surface area contributed by atoms with Crippen LogP contribution in [0.4, 0.5) is 0 Å². The predicted octanol–water partition coefficient (Wildman–Crippen LogP) is 4.60. The molecule has 1 heterocycles. The second-order valence-corrected chi connectivity index (χ2v) is 6.43. The van der Waals surface area contributed by atoms with Crippen LogP contribution in [0.3, 0.4) is 0 Å². The third kappa shape index (κ3) is 2.98. The van der Waals surface area contributed by atoms with Crippen LogP contribution in [0.15, 0.2) is 30.3 Å². The van der Waals surface area contributed by atoms with E-state index in [2.05, 4.69) is 22.6 Å². The SMILES string of the molecule is O=C(c1cc2c(cc1Cl)OCCO2)c1cc(Cl)ccc1I. The number of ketones is 1. The summed E-state index contributed by atoms with van der Waals surface area (Å²) >= 11 is 14.3. The van der Waals surface area contributed by atoms with Crippen molar-refractivity contribution in [2.45, 2.75) is 0 Å². The molecule has 0 radical (unpaired) electrons. The van der Waals surface area contributed by atoms with Gasteiger partial charge in [-0.25, -0.2) is 0 Å². The third-order valence-corrected chi connectivity index (χ3v) is 4.54. The molecule has 0 aromatic heterocycles. The first kappa shape index (κ1) is 14.9. The number of halogens is 3. The average Bonchev–Trinajstić information content (AvgIpc) is 2.48. The Morgan fingerprint density at radius 2 is 1.67 bits per heavy atom. The zero-order valence-electron chi connectivity index (χ0n) is 10.7. The Kier molecular flexibility index (Phi) is 4.28. The van der Waals surface area contributed by atoms with Crippen LogP contribution in [0.2, 0.25) is 10.0 Å². The van der Waals surface area contributed by atoms with Crippen molar-refractivity contribution in [2.75, 3.05) is 13.2 Å². The van der Waals surface area contributed by atoms with Crippen LogP contribution >= 0.6 is 45.8 Å². The number of ether oxygens (including phenoxy) is 2. The zero-order valence-corrected chi connectivity index (χ0v) is 14.3. The molecule has 108 valence electrons. The Morgan fingerprint density at radius 3 is 2.38 bits per heavy atom. The number of fused-ring (bicyclic) bond motifs is 1. The normalized spacial score (nSPS) is 13.1. The highest BCUT2D eigenvalue weighted by atomic mass is 127. The molecule has 0 aliphatic carbocycles.